The number of alkyl halides is 1. The maximum Gasteiger partial charge on any atom is 0.342 e. The zero-order valence-corrected chi connectivity index (χ0v) is 12.8. The van der Waals surface area contributed by atoms with Gasteiger partial charge in [-0.1, -0.05) is 12.1 Å². The third kappa shape index (κ3) is 2.36. The van der Waals surface area contributed by atoms with Crippen LogP contribution in [-0.2, 0) is 20.9 Å². The highest BCUT2D eigenvalue weighted by molar-refractivity contribution is 5.90. The Balaban J connectivity index is 1.76. The van der Waals surface area contributed by atoms with Crippen LogP contribution in [-0.4, -0.2) is 44.4 Å². The smallest absolute Gasteiger partial charge is 0.342 e. The highest BCUT2D eigenvalue weighted by Crippen LogP contribution is 2.67. The minimum Gasteiger partial charge on any atom is -0.480 e. The molecule has 2 saturated carbocycles. The van der Waals surface area contributed by atoms with Gasteiger partial charge in [0.15, 0.2) is 0 Å². The zero-order chi connectivity index (χ0) is 18.6. The lowest BCUT2D eigenvalue weighted by molar-refractivity contribution is -0.385. The molecule has 1 aromatic carbocycles. The molecule has 5 atom stereocenters. The molecular weight excluding hydrogens is 339 g/mol. The molecule has 134 valence electrons. The first-order valence-electron chi connectivity index (χ1n) is 7.43. The number of hydrogen-bond acceptors (Lipinski definition) is 6. The lowest BCUT2D eigenvalue weighted by Gasteiger charge is -2.31. The van der Waals surface area contributed by atoms with Crippen molar-refractivity contribution in [3.8, 4) is 0 Å². The van der Waals surface area contributed by atoms with Crippen LogP contribution in [0.25, 0.3) is 0 Å². The van der Waals surface area contributed by atoms with E-state index in [0.29, 0.717) is 5.56 Å². The van der Waals surface area contributed by atoms with Gasteiger partial charge in [-0.25, -0.2) is 9.18 Å². The fourth-order valence-electron chi connectivity index (χ4n) is 3.76. The second kappa shape index (κ2) is 5.46. The summed E-state index contributed by atoms with van der Waals surface area (Å²) >= 11 is 0. The molecule has 9 nitrogen and oxygen atoms in total. The Morgan fingerprint density at radius 2 is 2.08 bits per heavy atom. The molecule has 3 rings (SSSR count). The summed E-state index contributed by atoms with van der Waals surface area (Å²) in [6.07, 6.45) is -1.24. The van der Waals surface area contributed by atoms with Gasteiger partial charge in [-0.15, -0.1) is 0 Å². The number of rotatable bonds is 6. The topological polar surface area (TPSA) is 153 Å². The quantitative estimate of drug-likeness (QED) is 0.498. The Hall–Kier alpha value is -2.59. The number of nitro groups is 1. The number of carboxylic acid groups (broad SMARTS) is 2. The monoisotopic (exact) mass is 354 g/mol. The summed E-state index contributed by atoms with van der Waals surface area (Å²) in [6, 6.07) is 5.57. The van der Waals surface area contributed by atoms with Crippen molar-refractivity contribution in [3.63, 3.8) is 0 Å². The number of carboxylic acids is 2. The molecule has 10 heteroatoms. The van der Waals surface area contributed by atoms with Crippen molar-refractivity contribution in [1.29, 1.82) is 0 Å². The van der Waals surface area contributed by atoms with Crippen LogP contribution in [0, 0.1) is 22.0 Å². The van der Waals surface area contributed by atoms with Gasteiger partial charge in [0, 0.05) is 24.0 Å². The van der Waals surface area contributed by atoms with E-state index in [2.05, 4.69) is 0 Å². The van der Waals surface area contributed by atoms with Crippen LogP contribution in [0.2, 0.25) is 0 Å². The Kier molecular flexibility index (Phi) is 3.77. The Labute approximate surface area is 140 Å². The predicted molar refractivity (Wildman–Crippen MR) is 79.3 cm³/mol. The average molecular weight is 354 g/mol. The molecule has 0 saturated heterocycles. The first-order valence-corrected chi connectivity index (χ1v) is 7.43. The fraction of sp³-hybridized carbons (Fsp3) is 0.467. The number of nitrogens with two attached hydrogens (primary N) is 1. The molecule has 0 bridgehead atoms. The van der Waals surface area contributed by atoms with Gasteiger partial charge in [0.1, 0.15) is 5.54 Å². The third-order valence-electron chi connectivity index (χ3n) is 5.07. The van der Waals surface area contributed by atoms with Gasteiger partial charge < -0.3 is 20.7 Å². The molecular formula is C15H15FN2O7. The fourth-order valence-corrected chi connectivity index (χ4v) is 3.76. The van der Waals surface area contributed by atoms with Crippen molar-refractivity contribution in [2.24, 2.45) is 17.6 Å². The standard InChI is InChI=1S/C15H15FN2O7/c16-14(12(19)20)9-5-10(15(17,11(9)14)13(21)22)25-6-7-2-1-3-8(4-7)18(23)24/h1-4,9-11H,5-6,17H2,(H,19,20)(H,21,22)/t9-,10-,11+,14-,15+/m1/s1. The van der Waals surface area contributed by atoms with Crippen molar-refractivity contribution in [1.82, 2.24) is 0 Å². The van der Waals surface area contributed by atoms with Crippen molar-refractivity contribution in [2.75, 3.05) is 0 Å². The largest absolute Gasteiger partial charge is 0.480 e. The molecule has 25 heavy (non-hydrogen) atoms. The van der Waals surface area contributed by atoms with Gasteiger partial charge in [0.25, 0.3) is 5.69 Å². The molecule has 0 heterocycles. The molecule has 0 spiro atoms. The first-order chi connectivity index (χ1) is 11.6. The minimum absolute atomic E-state index is 0.148. The number of fused-ring (bicyclic) bond motifs is 1. The lowest BCUT2D eigenvalue weighted by atomic mass is 9.88. The van der Waals surface area contributed by atoms with Crippen LogP contribution in [0.5, 0.6) is 0 Å². The van der Waals surface area contributed by atoms with E-state index in [9.17, 15) is 29.2 Å². The van der Waals surface area contributed by atoms with E-state index in [4.69, 9.17) is 15.6 Å². The highest BCUT2D eigenvalue weighted by Gasteiger charge is 2.85. The highest BCUT2D eigenvalue weighted by atomic mass is 19.1. The SMILES string of the molecule is N[C@]1(C(=O)O)[C@H]2[C@@H](C[C@H]1OCc1cccc([N+](=O)[O-])c1)[C@]2(F)C(=O)O. The van der Waals surface area contributed by atoms with E-state index in [0.717, 1.165) is 0 Å². The van der Waals surface area contributed by atoms with E-state index in [1.54, 1.807) is 6.07 Å². The Morgan fingerprint density at radius 3 is 2.64 bits per heavy atom. The normalized spacial score (nSPS) is 35.8. The van der Waals surface area contributed by atoms with Crippen LogP contribution >= 0.6 is 0 Å². The van der Waals surface area contributed by atoms with E-state index >= 15 is 0 Å². The van der Waals surface area contributed by atoms with E-state index in [1.165, 1.54) is 18.2 Å². The van der Waals surface area contributed by atoms with Crippen molar-refractivity contribution in [3.05, 3.63) is 39.9 Å². The number of benzene rings is 1. The zero-order valence-electron chi connectivity index (χ0n) is 12.8. The maximum atomic E-state index is 14.4. The summed E-state index contributed by atoms with van der Waals surface area (Å²) in [4.78, 5) is 32.8. The van der Waals surface area contributed by atoms with Gasteiger partial charge in [-0.3, -0.25) is 14.9 Å². The predicted octanol–water partition coefficient (Wildman–Crippen LogP) is 0.705. The molecule has 2 fully saturated rings. The maximum absolute atomic E-state index is 14.4. The number of nitrogens with zero attached hydrogens (tertiary/aromatic N) is 1. The summed E-state index contributed by atoms with van der Waals surface area (Å²) in [5, 5.41) is 29.2. The van der Waals surface area contributed by atoms with Gasteiger partial charge in [-0.2, -0.15) is 0 Å². The van der Waals surface area contributed by atoms with Crippen LogP contribution in [0.4, 0.5) is 10.1 Å². The van der Waals surface area contributed by atoms with Crippen LogP contribution < -0.4 is 5.73 Å². The first kappa shape index (κ1) is 17.2. The summed E-state index contributed by atoms with van der Waals surface area (Å²) in [5.41, 5.74) is 1.30. The van der Waals surface area contributed by atoms with Gasteiger partial charge in [0.2, 0.25) is 5.67 Å². The number of halogens is 1. The Bertz CT molecular complexity index is 772. The molecule has 2 aliphatic carbocycles. The molecule has 2 aliphatic rings. The number of aliphatic carboxylic acids is 2. The number of ether oxygens (including phenoxy) is 1. The Morgan fingerprint density at radius 1 is 1.40 bits per heavy atom. The molecule has 1 aromatic rings. The van der Waals surface area contributed by atoms with E-state index in [1.807, 2.05) is 0 Å². The summed E-state index contributed by atoms with van der Waals surface area (Å²) < 4.78 is 19.9. The van der Waals surface area contributed by atoms with Crippen LogP contribution in [0.15, 0.2) is 24.3 Å². The molecule has 0 aromatic heterocycles. The minimum atomic E-state index is -2.65. The van der Waals surface area contributed by atoms with Gasteiger partial charge in [0.05, 0.1) is 17.6 Å². The average Bonchev–Trinajstić information content (AvgIpc) is 3.02. The van der Waals surface area contributed by atoms with Gasteiger partial charge in [-0.05, 0) is 12.0 Å². The van der Waals surface area contributed by atoms with Crippen molar-refractivity contribution < 1.29 is 33.9 Å². The van der Waals surface area contributed by atoms with Crippen LogP contribution in [0.1, 0.15) is 12.0 Å². The van der Waals surface area contributed by atoms with Gasteiger partial charge >= 0.3 is 11.9 Å². The number of nitro benzene ring substituents is 1. The molecule has 0 aliphatic heterocycles. The van der Waals surface area contributed by atoms with Crippen molar-refractivity contribution in [2.45, 2.75) is 30.3 Å². The summed E-state index contributed by atoms with van der Waals surface area (Å²) in [6.45, 7) is -0.162. The van der Waals surface area contributed by atoms with Crippen molar-refractivity contribution >= 4 is 17.6 Å². The molecule has 0 unspecified atom stereocenters. The van der Waals surface area contributed by atoms with Crippen LogP contribution in [0.3, 0.4) is 0 Å². The molecule has 0 radical (unpaired) electrons. The molecule has 0 amide bonds. The number of hydrogen-bond donors (Lipinski definition) is 3. The van der Waals surface area contributed by atoms with E-state index < -0.39 is 46.0 Å². The molecule has 4 N–H and O–H groups in total. The summed E-state index contributed by atoms with van der Waals surface area (Å²) in [7, 11) is 0. The second-order valence-electron chi connectivity index (χ2n) is 6.36. The van der Waals surface area contributed by atoms with E-state index in [-0.39, 0.29) is 18.7 Å². The third-order valence-corrected chi connectivity index (χ3v) is 5.07. The summed E-state index contributed by atoms with van der Waals surface area (Å²) in [5.74, 6) is -5.66. The lowest BCUT2D eigenvalue weighted by Crippen LogP contribution is -2.60. The number of non-ortho nitro benzene ring substituents is 1. The second-order valence-corrected chi connectivity index (χ2v) is 6.36. The number of carbonyl (C=O) groups is 2.